The fraction of sp³-hybridized carbons (Fsp3) is 0.625. The molecule has 0 spiro atoms. The highest BCUT2D eigenvalue weighted by Gasteiger charge is 2.36. The summed E-state index contributed by atoms with van der Waals surface area (Å²) < 4.78 is 5.81. The van der Waals surface area contributed by atoms with Gasteiger partial charge in [0, 0.05) is 6.61 Å². The van der Waals surface area contributed by atoms with E-state index in [9.17, 15) is 5.11 Å². The van der Waals surface area contributed by atoms with Gasteiger partial charge in [0.25, 0.3) is 0 Å². The summed E-state index contributed by atoms with van der Waals surface area (Å²) in [5.41, 5.74) is 1.90. The molecule has 2 atom stereocenters. The summed E-state index contributed by atoms with van der Waals surface area (Å²) in [6.45, 7) is 4.97. The Hall–Kier alpha value is -0.860. The smallest absolute Gasteiger partial charge is 0.108 e. The van der Waals surface area contributed by atoms with Crippen LogP contribution >= 0.6 is 0 Å². The fourth-order valence-electron chi connectivity index (χ4n) is 2.68. The largest absolute Gasteiger partial charge is 0.385 e. The number of rotatable bonds is 4. The number of hydrogen-bond acceptors (Lipinski definition) is 2. The minimum atomic E-state index is -0.520. The van der Waals surface area contributed by atoms with Crippen molar-refractivity contribution < 1.29 is 9.84 Å². The molecule has 1 heterocycles. The highest BCUT2D eigenvalue weighted by molar-refractivity contribution is 5.26. The molecular formula is C16H24O2. The van der Waals surface area contributed by atoms with Gasteiger partial charge >= 0.3 is 0 Å². The molecule has 0 saturated carbocycles. The predicted octanol–water partition coefficient (Wildman–Crippen LogP) is 3.63. The third-order valence-electron chi connectivity index (χ3n) is 3.91. The number of ether oxygens (including phenoxy) is 1. The van der Waals surface area contributed by atoms with E-state index in [-0.39, 0.29) is 0 Å². The van der Waals surface area contributed by atoms with Crippen molar-refractivity contribution in [1.82, 2.24) is 0 Å². The zero-order chi connectivity index (χ0) is 13.0. The van der Waals surface area contributed by atoms with Crippen LogP contribution in [0.1, 0.15) is 56.8 Å². The minimum absolute atomic E-state index is 0.412. The second kappa shape index (κ2) is 5.85. The SMILES string of the molecule is CCCc1ccc(C(O)C2(C)CCCCO2)cc1. The van der Waals surface area contributed by atoms with Gasteiger partial charge in [-0.3, -0.25) is 0 Å². The van der Waals surface area contributed by atoms with Crippen LogP contribution < -0.4 is 0 Å². The van der Waals surface area contributed by atoms with E-state index in [4.69, 9.17) is 4.74 Å². The van der Waals surface area contributed by atoms with Gasteiger partial charge in [0.05, 0.1) is 5.60 Å². The molecule has 1 aliphatic rings. The molecule has 1 aromatic carbocycles. The summed E-state index contributed by atoms with van der Waals surface area (Å²) in [7, 11) is 0. The van der Waals surface area contributed by atoms with Crippen LogP contribution in [-0.4, -0.2) is 17.3 Å². The van der Waals surface area contributed by atoms with Crippen molar-refractivity contribution in [2.45, 2.75) is 57.7 Å². The van der Waals surface area contributed by atoms with Crippen molar-refractivity contribution in [2.24, 2.45) is 0 Å². The van der Waals surface area contributed by atoms with E-state index < -0.39 is 11.7 Å². The van der Waals surface area contributed by atoms with E-state index in [1.54, 1.807) is 0 Å². The Kier molecular flexibility index (Phi) is 4.41. The molecule has 2 heteroatoms. The quantitative estimate of drug-likeness (QED) is 0.881. The fourth-order valence-corrected chi connectivity index (χ4v) is 2.68. The van der Waals surface area contributed by atoms with Crippen molar-refractivity contribution >= 4 is 0 Å². The van der Waals surface area contributed by atoms with Crippen LogP contribution in [0, 0.1) is 0 Å². The molecule has 1 fully saturated rings. The van der Waals surface area contributed by atoms with Crippen molar-refractivity contribution in [3.8, 4) is 0 Å². The Labute approximate surface area is 110 Å². The van der Waals surface area contributed by atoms with Gasteiger partial charge in [-0.05, 0) is 43.7 Å². The highest BCUT2D eigenvalue weighted by Crippen LogP contribution is 2.36. The standard InChI is InChI=1S/C16H24O2/c1-3-6-13-7-9-14(10-8-13)15(17)16(2)11-4-5-12-18-16/h7-10,15,17H,3-6,11-12H2,1-2H3. The number of aryl methyl sites for hydroxylation is 1. The van der Waals surface area contributed by atoms with Crippen LogP contribution in [0.2, 0.25) is 0 Å². The first-order valence-electron chi connectivity index (χ1n) is 7.06. The molecule has 0 amide bonds. The Balaban J connectivity index is 2.09. The summed E-state index contributed by atoms with van der Waals surface area (Å²) in [5, 5.41) is 10.5. The van der Waals surface area contributed by atoms with Crippen molar-refractivity contribution in [3.05, 3.63) is 35.4 Å². The Morgan fingerprint density at radius 1 is 1.28 bits per heavy atom. The maximum atomic E-state index is 10.5. The van der Waals surface area contributed by atoms with Gasteiger partial charge in [-0.2, -0.15) is 0 Å². The van der Waals surface area contributed by atoms with Crippen LogP contribution in [-0.2, 0) is 11.2 Å². The van der Waals surface area contributed by atoms with Gasteiger partial charge in [0.1, 0.15) is 6.10 Å². The lowest BCUT2D eigenvalue weighted by Crippen LogP contribution is -2.39. The normalized spacial score (nSPS) is 25.9. The lowest BCUT2D eigenvalue weighted by atomic mass is 9.86. The van der Waals surface area contributed by atoms with Gasteiger partial charge < -0.3 is 9.84 Å². The number of aliphatic hydroxyl groups is 1. The number of benzene rings is 1. The Morgan fingerprint density at radius 3 is 2.56 bits per heavy atom. The summed E-state index contributed by atoms with van der Waals surface area (Å²) in [6, 6.07) is 8.32. The van der Waals surface area contributed by atoms with Gasteiger partial charge in [0.2, 0.25) is 0 Å². The summed E-state index contributed by atoms with van der Waals surface area (Å²) in [5.74, 6) is 0. The van der Waals surface area contributed by atoms with Crippen LogP contribution in [0.15, 0.2) is 24.3 Å². The third kappa shape index (κ3) is 2.93. The van der Waals surface area contributed by atoms with E-state index >= 15 is 0 Å². The minimum Gasteiger partial charge on any atom is -0.385 e. The molecule has 1 aliphatic heterocycles. The maximum Gasteiger partial charge on any atom is 0.108 e. The molecule has 0 bridgehead atoms. The predicted molar refractivity (Wildman–Crippen MR) is 73.6 cm³/mol. The molecule has 0 radical (unpaired) electrons. The monoisotopic (exact) mass is 248 g/mol. The second-order valence-electron chi connectivity index (χ2n) is 5.51. The van der Waals surface area contributed by atoms with E-state index in [1.807, 2.05) is 19.1 Å². The molecule has 2 nitrogen and oxygen atoms in total. The van der Waals surface area contributed by atoms with Crippen molar-refractivity contribution in [1.29, 1.82) is 0 Å². The Morgan fingerprint density at radius 2 is 2.00 bits per heavy atom. The molecule has 1 saturated heterocycles. The van der Waals surface area contributed by atoms with Crippen LogP contribution in [0.25, 0.3) is 0 Å². The highest BCUT2D eigenvalue weighted by atomic mass is 16.5. The summed E-state index contributed by atoms with van der Waals surface area (Å²) in [6.07, 6.45) is 4.92. The number of hydrogen-bond donors (Lipinski definition) is 1. The van der Waals surface area contributed by atoms with Gasteiger partial charge in [-0.25, -0.2) is 0 Å². The molecule has 1 aromatic rings. The lowest BCUT2D eigenvalue weighted by Gasteiger charge is -2.38. The Bertz CT molecular complexity index is 363. The summed E-state index contributed by atoms with van der Waals surface area (Å²) in [4.78, 5) is 0. The third-order valence-corrected chi connectivity index (χ3v) is 3.91. The topological polar surface area (TPSA) is 29.5 Å². The van der Waals surface area contributed by atoms with Gasteiger partial charge in [0.15, 0.2) is 0 Å². The van der Waals surface area contributed by atoms with Crippen molar-refractivity contribution in [2.75, 3.05) is 6.61 Å². The average Bonchev–Trinajstić information content (AvgIpc) is 2.40. The second-order valence-corrected chi connectivity index (χ2v) is 5.51. The lowest BCUT2D eigenvalue weighted by molar-refractivity contribution is -0.138. The van der Waals surface area contributed by atoms with Crippen LogP contribution in [0.5, 0.6) is 0 Å². The average molecular weight is 248 g/mol. The zero-order valence-electron chi connectivity index (χ0n) is 11.5. The first-order chi connectivity index (χ1) is 8.65. The van der Waals surface area contributed by atoms with E-state index in [0.29, 0.717) is 0 Å². The van der Waals surface area contributed by atoms with E-state index in [1.165, 1.54) is 5.56 Å². The molecule has 0 aliphatic carbocycles. The van der Waals surface area contributed by atoms with E-state index in [2.05, 4.69) is 19.1 Å². The maximum absolute atomic E-state index is 10.5. The van der Waals surface area contributed by atoms with Crippen molar-refractivity contribution in [3.63, 3.8) is 0 Å². The molecule has 2 unspecified atom stereocenters. The molecule has 0 aromatic heterocycles. The number of aliphatic hydroxyl groups excluding tert-OH is 1. The molecule has 18 heavy (non-hydrogen) atoms. The first kappa shape index (κ1) is 13.6. The summed E-state index contributed by atoms with van der Waals surface area (Å²) >= 11 is 0. The molecule has 100 valence electrons. The van der Waals surface area contributed by atoms with Gasteiger partial charge in [-0.1, -0.05) is 37.6 Å². The zero-order valence-corrected chi connectivity index (χ0v) is 11.5. The van der Waals surface area contributed by atoms with Gasteiger partial charge in [-0.15, -0.1) is 0 Å². The first-order valence-corrected chi connectivity index (χ1v) is 7.06. The molecule has 2 rings (SSSR count). The van der Waals surface area contributed by atoms with E-state index in [0.717, 1.165) is 44.3 Å². The molecule has 1 N–H and O–H groups in total. The van der Waals surface area contributed by atoms with Crippen LogP contribution in [0.4, 0.5) is 0 Å². The molecular weight excluding hydrogens is 224 g/mol. The van der Waals surface area contributed by atoms with Crippen LogP contribution in [0.3, 0.4) is 0 Å².